The van der Waals surface area contributed by atoms with Crippen molar-refractivity contribution < 1.29 is 9.47 Å². The van der Waals surface area contributed by atoms with Gasteiger partial charge in [-0.05, 0) is 31.9 Å². The molecule has 1 aliphatic rings. The Labute approximate surface area is 123 Å². The van der Waals surface area contributed by atoms with Gasteiger partial charge in [-0.2, -0.15) is 0 Å². The van der Waals surface area contributed by atoms with Crippen LogP contribution < -0.4 is 15.2 Å². The molecule has 2 N–H and O–H groups in total. The summed E-state index contributed by atoms with van der Waals surface area (Å²) < 4.78 is 13.2. The molecule has 1 fully saturated rings. The number of nitrogens with two attached hydrogens (primary N) is 1. The molecule has 0 atom stereocenters. The van der Waals surface area contributed by atoms with Gasteiger partial charge in [0.2, 0.25) is 0 Å². The third-order valence-electron chi connectivity index (χ3n) is 3.47. The molecule has 0 bridgehead atoms. The van der Waals surface area contributed by atoms with Gasteiger partial charge in [-0.15, -0.1) is 5.10 Å². The van der Waals surface area contributed by atoms with E-state index in [1.54, 1.807) is 0 Å². The Bertz CT molecular complexity index is 607. The van der Waals surface area contributed by atoms with Gasteiger partial charge in [0.25, 0.3) is 0 Å². The molecule has 0 spiro atoms. The number of benzene rings is 1. The maximum atomic E-state index is 5.87. The average molecular weight is 288 g/mol. The van der Waals surface area contributed by atoms with E-state index in [0.717, 1.165) is 17.2 Å². The van der Waals surface area contributed by atoms with Gasteiger partial charge in [-0.25, -0.2) is 4.68 Å². The number of hydrogen-bond acceptors (Lipinski definition) is 5. The molecule has 1 heterocycles. The van der Waals surface area contributed by atoms with Crippen LogP contribution in [0, 0.1) is 0 Å². The van der Waals surface area contributed by atoms with Crippen molar-refractivity contribution in [3.05, 3.63) is 30.0 Å². The van der Waals surface area contributed by atoms with Crippen LogP contribution in [0.4, 0.5) is 5.82 Å². The van der Waals surface area contributed by atoms with Gasteiger partial charge in [0.05, 0.1) is 18.8 Å². The van der Waals surface area contributed by atoms with Crippen molar-refractivity contribution in [2.45, 2.75) is 32.2 Å². The van der Waals surface area contributed by atoms with Gasteiger partial charge in [0.1, 0.15) is 6.61 Å². The first kappa shape index (κ1) is 13.7. The number of nitrogens with zero attached hydrogens (tertiary/aromatic N) is 3. The molecule has 2 aromatic rings. The monoisotopic (exact) mass is 288 g/mol. The van der Waals surface area contributed by atoms with Crippen LogP contribution in [0.25, 0.3) is 0 Å². The number of ether oxygens (including phenoxy) is 2. The maximum absolute atomic E-state index is 5.87. The van der Waals surface area contributed by atoms with E-state index in [-0.39, 0.29) is 0 Å². The topological polar surface area (TPSA) is 75.2 Å². The Hall–Kier alpha value is -2.24. The minimum atomic E-state index is 0.507. The third kappa shape index (κ3) is 3.09. The summed E-state index contributed by atoms with van der Waals surface area (Å²) >= 11 is 0. The summed E-state index contributed by atoms with van der Waals surface area (Å²) in [4.78, 5) is 0. The fraction of sp³-hybridized carbons (Fsp3) is 0.467. The second kappa shape index (κ2) is 6.03. The predicted molar refractivity (Wildman–Crippen MR) is 79.5 cm³/mol. The Morgan fingerprint density at radius 2 is 1.95 bits per heavy atom. The van der Waals surface area contributed by atoms with Gasteiger partial charge >= 0.3 is 0 Å². The lowest BCUT2D eigenvalue weighted by Crippen LogP contribution is -2.13. The zero-order valence-corrected chi connectivity index (χ0v) is 12.2. The normalized spacial score (nSPS) is 14.1. The van der Waals surface area contributed by atoms with E-state index >= 15 is 0 Å². The van der Waals surface area contributed by atoms with Crippen molar-refractivity contribution in [1.29, 1.82) is 0 Å². The van der Waals surface area contributed by atoms with E-state index in [4.69, 9.17) is 15.2 Å². The van der Waals surface area contributed by atoms with Crippen LogP contribution in [-0.2, 0) is 6.54 Å². The van der Waals surface area contributed by atoms with Gasteiger partial charge in [-0.3, -0.25) is 0 Å². The van der Waals surface area contributed by atoms with Gasteiger partial charge in [-0.1, -0.05) is 17.3 Å². The fourth-order valence-corrected chi connectivity index (χ4v) is 2.36. The van der Waals surface area contributed by atoms with E-state index in [1.165, 1.54) is 12.8 Å². The lowest BCUT2D eigenvalue weighted by atomic mass is 10.3. The van der Waals surface area contributed by atoms with E-state index in [0.29, 0.717) is 31.5 Å². The highest BCUT2D eigenvalue weighted by molar-refractivity contribution is 5.39. The molecule has 3 rings (SSSR count). The third-order valence-corrected chi connectivity index (χ3v) is 3.47. The summed E-state index contributed by atoms with van der Waals surface area (Å²) in [5.74, 6) is 2.59. The molecular weight excluding hydrogens is 268 g/mol. The molecule has 1 saturated carbocycles. The summed E-state index contributed by atoms with van der Waals surface area (Å²) in [5.41, 5.74) is 6.93. The number of para-hydroxylation sites is 2. The first-order chi connectivity index (χ1) is 10.3. The lowest BCUT2D eigenvalue weighted by molar-refractivity contribution is 0.260. The first-order valence-corrected chi connectivity index (χ1v) is 7.33. The Morgan fingerprint density at radius 1 is 1.24 bits per heavy atom. The molecule has 1 aromatic heterocycles. The van der Waals surface area contributed by atoms with E-state index in [1.807, 2.05) is 35.9 Å². The second-order valence-corrected chi connectivity index (χ2v) is 5.09. The Kier molecular flexibility index (Phi) is 3.94. The summed E-state index contributed by atoms with van der Waals surface area (Å²) in [7, 11) is 0. The SMILES string of the molecule is CCOc1ccccc1OCCn1nnc(N)c1C1CC1. The number of aromatic nitrogens is 3. The van der Waals surface area contributed by atoms with Crippen LogP contribution in [0.2, 0.25) is 0 Å². The van der Waals surface area contributed by atoms with Crippen LogP contribution in [0.15, 0.2) is 24.3 Å². The van der Waals surface area contributed by atoms with Crippen LogP contribution in [-0.4, -0.2) is 28.2 Å². The van der Waals surface area contributed by atoms with Crippen LogP contribution in [0.1, 0.15) is 31.4 Å². The highest BCUT2D eigenvalue weighted by atomic mass is 16.5. The van der Waals surface area contributed by atoms with Gasteiger partial charge < -0.3 is 15.2 Å². The molecule has 1 aromatic carbocycles. The summed E-state index contributed by atoms with van der Waals surface area (Å²) in [6.07, 6.45) is 2.34. The van der Waals surface area contributed by atoms with Crippen LogP contribution >= 0.6 is 0 Å². The highest BCUT2D eigenvalue weighted by Crippen LogP contribution is 2.41. The van der Waals surface area contributed by atoms with Crippen LogP contribution in [0.3, 0.4) is 0 Å². The quantitative estimate of drug-likeness (QED) is 0.845. The summed E-state index contributed by atoms with van der Waals surface area (Å²) in [6, 6.07) is 7.67. The van der Waals surface area contributed by atoms with Crippen molar-refractivity contribution in [2.24, 2.45) is 0 Å². The van der Waals surface area contributed by atoms with Crippen molar-refractivity contribution in [1.82, 2.24) is 15.0 Å². The molecule has 0 aliphatic heterocycles. The molecule has 0 amide bonds. The van der Waals surface area contributed by atoms with Gasteiger partial charge in [0, 0.05) is 5.92 Å². The van der Waals surface area contributed by atoms with Gasteiger partial charge in [0.15, 0.2) is 17.3 Å². The highest BCUT2D eigenvalue weighted by Gasteiger charge is 2.30. The average Bonchev–Trinajstić information content (AvgIpc) is 3.25. The zero-order valence-electron chi connectivity index (χ0n) is 12.2. The summed E-state index contributed by atoms with van der Waals surface area (Å²) in [6.45, 7) is 3.71. The van der Waals surface area contributed by atoms with Crippen LogP contribution in [0.5, 0.6) is 11.5 Å². The van der Waals surface area contributed by atoms with E-state index in [9.17, 15) is 0 Å². The number of anilines is 1. The second-order valence-electron chi connectivity index (χ2n) is 5.09. The minimum absolute atomic E-state index is 0.507. The number of rotatable bonds is 7. The largest absolute Gasteiger partial charge is 0.490 e. The first-order valence-electron chi connectivity index (χ1n) is 7.33. The van der Waals surface area contributed by atoms with Crippen molar-refractivity contribution in [3.63, 3.8) is 0 Å². The molecule has 6 heteroatoms. The standard InChI is InChI=1S/C15H20N4O2/c1-2-20-12-5-3-4-6-13(12)21-10-9-19-14(11-7-8-11)15(16)17-18-19/h3-6,11H,2,7-10,16H2,1H3. The zero-order chi connectivity index (χ0) is 14.7. The van der Waals surface area contributed by atoms with Crippen molar-refractivity contribution >= 4 is 5.82 Å². The molecule has 21 heavy (non-hydrogen) atoms. The maximum Gasteiger partial charge on any atom is 0.169 e. The number of nitrogen functional groups attached to an aromatic ring is 1. The van der Waals surface area contributed by atoms with E-state index < -0.39 is 0 Å². The lowest BCUT2D eigenvalue weighted by Gasteiger charge is -2.12. The minimum Gasteiger partial charge on any atom is -0.490 e. The molecule has 112 valence electrons. The smallest absolute Gasteiger partial charge is 0.169 e. The molecule has 6 nitrogen and oxygen atoms in total. The Balaban J connectivity index is 1.61. The Morgan fingerprint density at radius 3 is 2.62 bits per heavy atom. The summed E-state index contributed by atoms with van der Waals surface area (Å²) in [5, 5.41) is 8.06. The predicted octanol–water partition coefficient (Wildman–Crippen LogP) is 2.22. The van der Waals surface area contributed by atoms with Crippen molar-refractivity contribution in [2.75, 3.05) is 18.9 Å². The van der Waals surface area contributed by atoms with Crippen molar-refractivity contribution in [3.8, 4) is 11.5 Å². The molecule has 0 unspecified atom stereocenters. The molecular formula is C15H20N4O2. The number of hydrogen-bond donors (Lipinski definition) is 1. The molecule has 1 aliphatic carbocycles. The fourth-order valence-electron chi connectivity index (χ4n) is 2.36. The van der Waals surface area contributed by atoms with E-state index in [2.05, 4.69) is 10.3 Å². The molecule has 0 radical (unpaired) electrons. The molecule has 0 saturated heterocycles.